The number of carbonyl (C=O) groups excluding carboxylic acids is 1. The molecule has 0 aliphatic carbocycles. The van der Waals surface area contributed by atoms with Crippen LogP contribution in [0.25, 0.3) is 0 Å². The number of ether oxygens (including phenoxy) is 2. The summed E-state index contributed by atoms with van der Waals surface area (Å²) in [6.07, 6.45) is 0.542. The molecule has 0 atom stereocenters. The van der Waals surface area contributed by atoms with E-state index in [1.165, 1.54) is 17.0 Å². The number of benzene rings is 2. The Bertz CT molecular complexity index is 875. The van der Waals surface area contributed by atoms with E-state index in [1.54, 1.807) is 6.92 Å². The van der Waals surface area contributed by atoms with Gasteiger partial charge in [-0.3, -0.25) is 4.79 Å². The van der Waals surface area contributed by atoms with Crippen molar-refractivity contribution in [3.8, 4) is 5.75 Å². The molecular weight excluding hydrogens is 413 g/mol. The SMILES string of the molecule is CCOc1c(S(=O)(=O)Cl)ccc(Cl)c1N(C=O)CCOCc1ccccc1. The van der Waals surface area contributed by atoms with Crippen molar-refractivity contribution in [2.75, 3.05) is 24.7 Å². The summed E-state index contributed by atoms with van der Waals surface area (Å²) >= 11 is 6.21. The zero-order chi connectivity index (χ0) is 19.9. The van der Waals surface area contributed by atoms with Crippen molar-refractivity contribution in [3.63, 3.8) is 0 Å². The van der Waals surface area contributed by atoms with Crippen LogP contribution in [0, 0.1) is 0 Å². The largest absolute Gasteiger partial charge is 0.490 e. The van der Waals surface area contributed by atoms with Gasteiger partial charge in [-0.25, -0.2) is 8.42 Å². The minimum atomic E-state index is -4.08. The first-order valence-corrected chi connectivity index (χ1v) is 10.8. The first-order valence-electron chi connectivity index (χ1n) is 8.12. The molecule has 0 unspecified atom stereocenters. The molecule has 6 nitrogen and oxygen atoms in total. The van der Waals surface area contributed by atoms with E-state index in [4.69, 9.17) is 31.8 Å². The maximum absolute atomic E-state index is 11.8. The fourth-order valence-electron chi connectivity index (χ4n) is 2.42. The van der Waals surface area contributed by atoms with Crippen LogP contribution in [0.3, 0.4) is 0 Å². The van der Waals surface area contributed by atoms with Crippen LogP contribution in [-0.4, -0.2) is 34.6 Å². The third kappa shape index (κ3) is 5.84. The highest BCUT2D eigenvalue weighted by molar-refractivity contribution is 8.13. The van der Waals surface area contributed by atoms with Crippen molar-refractivity contribution in [2.24, 2.45) is 0 Å². The molecule has 0 N–H and O–H groups in total. The number of amides is 1. The Labute approximate surface area is 168 Å². The van der Waals surface area contributed by atoms with E-state index in [1.807, 2.05) is 30.3 Å². The average Bonchev–Trinajstić information content (AvgIpc) is 2.63. The summed E-state index contributed by atoms with van der Waals surface area (Å²) in [7, 11) is 1.40. The molecule has 27 heavy (non-hydrogen) atoms. The van der Waals surface area contributed by atoms with Crippen molar-refractivity contribution in [2.45, 2.75) is 18.4 Å². The predicted octanol–water partition coefficient (Wildman–Crippen LogP) is 3.85. The minimum Gasteiger partial charge on any atom is -0.490 e. The summed E-state index contributed by atoms with van der Waals surface area (Å²) in [6.45, 7) is 2.61. The van der Waals surface area contributed by atoms with Gasteiger partial charge in [-0.2, -0.15) is 0 Å². The van der Waals surface area contributed by atoms with E-state index in [-0.39, 0.29) is 41.1 Å². The lowest BCUT2D eigenvalue weighted by Crippen LogP contribution is -2.27. The molecule has 0 aromatic heterocycles. The van der Waals surface area contributed by atoms with Crippen molar-refractivity contribution < 1.29 is 22.7 Å². The molecule has 0 saturated carbocycles. The van der Waals surface area contributed by atoms with Gasteiger partial charge in [0.1, 0.15) is 10.6 Å². The van der Waals surface area contributed by atoms with Gasteiger partial charge in [-0.05, 0) is 24.6 Å². The molecule has 2 aromatic rings. The Balaban J connectivity index is 2.21. The second-order valence-electron chi connectivity index (χ2n) is 5.43. The van der Waals surface area contributed by atoms with E-state index in [2.05, 4.69) is 0 Å². The van der Waals surface area contributed by atoms with E-state index in [9.17, 15) is 13.2 Å². The van der Waals surface area contributed by atoms with Crippen LogP contribution in [0.2, 0.25) is 5.02 Å². The van der Waals surface area contributed by atoms with E-state index >= 15 is 0 Å². The van der Waals surface area contributed by atoms with Crippen molar-refractivity contribution in [1.82, 2.24) is 0 Å². The average molecular weight is 432 g/mol. The molecule has 0 heterocycles. The molecule has 0 bridgehead atoms. The Kier molecular flexibility index (Phi) is 7.91. The molecular formula is C18H19Cl2NO5S. The molecule has 0 spiro atoms. The van der Waals surface area contributed by atoms with Crippen LogP contribution < -0.4 is 9.64 Å². The molecule has 9 heteroatoms. The zero-order valence-corrected chi connectivity index (χ0v) is 16.9. The minimum absolute atomic E-state index is 0.0600. The van der Waals surface area contributed by atoms with Crippen LogP contribution in [0.5, 0.6) is 5.75 Å². The first-order chi connectivity index (χ1) is 12.9. The summed E-state index contributed by atoms with van der Waals surface area (Å²) in [6, 6.07) is 12.2. The van der Waals surface area contributed by atoms with E-state index in [0.29, 0.717) is 13.0 Å². The number of hydrogen-bond acceptors (Lipinski definition) is 5. The maximum Gasteiger partial charge on any atom is 0.265 e. The number of rotatable bonds is 10. The van der Waals surface area contributed by atoms with Gasteiger partial charge < -0.3 is 14.4 Å². The Morgan fingerprint density at radius 2 is 1.85 bits per heavy atom. The van der Waals surface area contributed by atoms with Gasteiger partial charge in [0, 0.05) is 17.2 Å². The summed E-state index contributed by atoms with van der Waals surface area (Å²) in [5, 5.41) is 0.165. The van der Waals surface area contributed by atoms with Crippen LogP contribution >= 0.6 is 22.3 Å². The fourth-order valence-corrected chi connectivity index (χ4v) is 3.65. The molecule has 2 rings (SSSR count). The van der Waals surface area contributed by atoms with Crippen LogP contribution in [-0.2, 0) is 25.2 Å². The van der Waals surface area contributed by atoms with Gasteiger partial charge in [0.15, 0.2) is 5.75 Å². The highest BCUT2D eigenvalue weighted by atomic mass is 35.7. The topological polar surface area (TPSA) is 72.9 Å². The second-order valence-corrected chi connectivity index (χ2v) is 8.37. The molecule has 146 valence electrons. The molecule has 1 amide bonds. The quantitative estimate of drug-likeness (QED) is 0.324. The summed E-state index contributed by atoms with van der Waals surface area (Å²) < 4.78 is 34.7. The molecule has 0 fully saturated rings. The van der Waals surface area contributed by atoms with E-state index in [0.717, 1.165) is 5.56 Å². The number of anilines is 1. The molecule has 0 aliphatic heterocycles. The Morgan fingerprint density at radius 3 is 2.44 bits per heavy atom. The summed E-state index contributed by atoms with van der Waals surface area (Å²) in [5.74, 6) is -0.0600. The third-order valence-corrected chi connectivity index (χ3v) is 5.25. The van der Waals surface area contributed by atoms with Gasteiger partial charge in [0.2, 0.25) is 6.41 Å². The normalized spacial score (nSPS) is 11.2. The van der Waals surface area contributed by atoms with Crippen molar-refractivity contribution >= 4 is 43.4 Å². The lowest BCUT2D eigenvalue weighted by Gasteiger charge is -2.23. The summed E-state index contributed by atoms with van der Waals surface area (Å²) in [4.78, 5) is 12.6. The van der Waals surface area contributed by atoms with Gasteiger partial charge in [-0.15, -0.1) is 0 Å². The highest BCUT2D eigenvalue weighted by Gasteiger charge is 2.25. The van der Waals surface area contributed by atoms with Crippen molar-refractivity contribution in [1.29, 1.82) is 0 Å². The van der Waals surface area contributed by atoms with Gasteiger partial charge in [0.05, 0.1) is 24.8 Å². The number of hydrogen-bond donors (Lipinski definition) is 0. The lowest BCUT2D eigenvalue weighted by molar-refractivity contribution is -0.107. The Hall–Kier alpha value is -1.80. The van der Waals surface area contributed by atoms with Crippen molar-refractivity contribution in [3.05, 3.63) is 53.1 Å². The predicted molar refractivity (Wildman–Crippen MR) is 105 cm³/mol. The maximum atomic E-state index is 11.8. The standard InChI is InChI=1S/C18H19Cl2NO5S/c1-2-26-18-16(27(20,23)24)9-8-15(19)17(18)21(13-22)10-11-25-12-14-6-4-3-5-7-14/h3-9,13H,2,10-12H2,1H3. The molecule has 0 aliphatic rings. The Morgan fingerprint density at radius 1 is 1.15 bits per heavy atom. The fraction of sp³-hybridized carbons (Fsp3) is 0.278. The zero-order valence-electron chi connectivity index (χ0n) is 14.6. The monoisotopic (exact) mass is 431 g/mol. The third-order valence-electron chi connectivity index (χ3n) is 3.60. The summed E-state index contributed by atoms with van der Waals surface area (Å²) in [5.41, 5.74) is 1.14. The molecule has 2 aromatic carbocycles. The van der Waals surface area contributed by atoms with Gasteiger partial charge in [-0.1, -0.05) is 41.9 Å². The number of nitrogens with zero attached hydrogens (tertiary/aromatic N) is 1. The smallest absolute Gasteiger partial charge is 0.265 e. The van der Waals surface area contributed by atoms with Crippen LogP contribution in [0.15, 0.2) is 47.4 Å². The second kappa shape index (κ2) is 9.94. The van der Waals surface area contributed by atoms with Crippen LogP contribution in [0.1, 0.15) is 12.5 Å². The first kappa shape index (κ1) is 21.5. The number of carbonyl (C=O) groups is 1. The molecule has 0 radical (unpaired) electrons. The highest BCUT2D eigenvalue weighted by Crippen LogP contribution is 2.41. The van der Waals surface area contributed by atoms with Gasteiger partial charge in [0.25, 0.3) is 9.05 Å². The van der Waals surface area contributed by atoms with Gasteiger partial charge >= 0.3 is 0 Å². The lowest BCUT2D eigenvalue weighted by atomic mass is 10.2. The number of halogens is 2. The van der Waals surface area contributed by atoms with E-state index < -0.39 is 9.05 Å². The molecule has 0 saturated heterocycles. The van der Waals surface area contributed by atoms with Crippen LogP contribution in [0.4, 0.5) is 5.69 Å².